The van der Waals surface area contributed by atoms with Gasteiger partial charge in [0, 0.05) is 19.2 Å². The van der Waals surface area contributed by atoms with Crippen molar-refractivity contribution < 1.29 is 22.7 Å². The zero-order valence-corrected chi connectivity index (χ0v) is 15.8. The van der Waals surface area contributed by atoms with E-state index in [4.69, 9.17) is 11.6 Å². The number of allylic oxidation sites excluding steroid dienone is 1. The second-order valence-electron chi connectivity index (χ2n) is 5.93. The number of alkyl halides is 3. The fraction of sp³-hybridized carbons (Fsp3) is 0.444. The monoisotopic (exact) mass is 403 g/mol. The third-order valence-corrected chi connectivity index (χ3v) is 4.30. The second-order valence-corrected chi connectivity index (χ2v) is 6.31. The first-order valence-corrected chi connectivity index (χ1v) is 8.83. The number of amides is 1. The molecule has 0 atom stereocenters. The van der Waals surface area contributed by atoms with Crippen molar-refractivity contribution in [2.24, 2.45) is 4.99 Å². The van der Waals surface area contributed by atoms with Gasteiger partial charge in [0.25, 0.3) is 0 Å². The normalized spacial score (nSPS) is 14.9. The Hall–Kier alpha value is -2.22. The van der Waals surface area contributed by atoms with Crippen molar-refractivity contribution in [3.8, 4) is 5.75 Å². The van der Waals surface area contributed by atoms with Crippen molar-refractivity contribution in [3.05, 3.63) is 40.6 Å². The van der Waals surface area contributed by atoms with Crippen LogP contribution in [0.15, 0.2) is 40.0 Å². The summed E-state index contributed by atoms with van der Waals surface area (Å²) < 4.78 is 41.1. The molecule has 2 rings (SSSR count). The standard InChI is InChI=1S/C18H21ClF3N3O2/c1-3-15-16(19)17(24-11-25(15)12(2)26)23-9-8-13-4-6-14(7-5-13)27-10-18(20,21)22/h4-7H,3,8-11H2,1-2H3,(H,23,24). The molecule has 1 aliphatic heterocycles. The zero-order chi connectivity index (χ0) is 20.0. The summed E-state index contributed by atoms with van der Waals surface area (Å²) >= 11 is 6.35. The van der Waals surface area contributed by atoms with E-state index in [1.54, 1.807) is 12.1 Å². The first-order chi connectivity index (χ1) is 12.7. The first kappa shape index (κ1) is 21.1. The fourth-order valence-electron chi connectivity index (χ4n) is 2.56. The van der Waals surface area contributed by atoms with Gasteiger partial charge in [-0.05, 0) is 30.5 Å². The molecule has 0 bridgehead atoms. The number of aliphatic imine (C=N–C) groups is 1. The van der Waals surface area contributed by atoms with Crippen LogP contribution in [0, 0.1) is 0 Å². The lowest BCUT2D eigenvalue weighted by Gasteiger charge is -2.28. The average molecular weight is 404 g/mol. The minimum Gasteiger partial charge on any atom is -0.484 e. The quantitative estimate of drug-likeness (QED) is 0.785. The van der Waals surface area contributed by atoms with E-state index in [2.05, 4.69) is 15.0 Å². The van der Waals surface area contributed by atoms with E-state index in [0.717, 1.165) is 11.3 Å². The minimum atomic E-state index is -4.36. The molecule has 0 unspecified atom stereocenters. The van der Waals surface area contributed by atoms with E-state index in [-0.39, 0.29) is 18.3 Å². The molecule has 0 aromatic heterocycles. The molecule has 0 saturated carbocycles. The van der Waals surface area contributed by atoms with Crippen LogP contribution in [0.2, 0.25) is 0 Å². The highest BCUT2D eigenvalue weighted by molar-refractivity contribution is 6.43. The van der Waals surface area contributed by atoms with E-state index in [1.165, 1.54) is 24.0 Å². The molecule has 148 valence electrons. The van der Waals surface area contributed by atoms with Gasteiger partial charge in [-0.15, -0.1) is 0 Å². The van der Waals surface area contributed by atoms with Crippen LogP contribution in [0.5, 0.6) is 5.75 Å². The predicted molar refractivity (Wildman–Crippen MR) is 97.7 cm³/mol. The highest BCUT2D eigenvalue weighted by Crippen LogP contribution is 2.23. The Balaban J connectivity index is 1.87. The van der Waals surface area contributed by atoms with E-state index < -0.39 is 12.8 Å². The van der Waals surface area contributed by atoms with Crippen LogP contribution >= 0.6 is 11.6 Å². The first-order valence-electron chi connectivity index (χ1n) is 8.45. The maximum Gasteiger partial charge on any atom is 0.422 e. The third-order valence-electron chi connectivity index (χ3n) is 3.90. The average Bonchev–Trinajstić information content (AvgIpc) is 2.61. The Labute approximate surface area is 160 Å². The molecule has 0 radical (unpaired) electrons. The van der Waals surface area contributed by atoms with Gasteiger partial charge in [0.1, 0.15) is 23.3 Å². The van der Waals surface area contributed by atoms with Gasteiger partial charge in [-0.25, -0.2) is 4.99 Å². The van der Waals surface area contributed by atoms with Gasteiger partial charge in [0.15, 0.2) is 6.61 Å². The van der Waals surface area contributed by atoms with Crippen molar-refractivity contribution in [1.82, 2.24) is 10.2 Å². The van der Waals surface area contributed by atoms with Gasteiger partial charge in [-0.1, -0.05) is 30.7 Å². The molecule has 1 aliphatic rings. The van der Waals surface area contributed by atoms with Gasteiger partial charge in [0.2, 0.25) is 5.91 Å². The van der Waals surface area contributed by atoms with Crippen LogP contribution in [0.4, 0.5) is 13.2 Å². The van der Waals surface area contributed by atoms with Gasteiger partial charge in [-0.2, -0.15) is 13.2 Å². The van der Waals surface area contributed by atoms with Crippen molar-refractivity contribution >= 4 is 23.3 Å². The molecule has 27 heavy (non-hydrogen) atoms. The van der Waals surface area contributed by atoms with Crippen LogP contribution in [-0.2, 0) is 11.2 Å². The molecule has 0 aliphatic carbocycles. The Bertz CT molecular complexity index is 730. The Morgan fingerprint density at radius 2 is 2.00 bits per heavy atom. The van der Waals surface area contributed by atoms with Crippen molar-refractivity contribution in [3.63, 3.8) is 0 Å². The molecular weight excluding hydrogens is 383 g/mol. The van der Waals surface area contributed by atoms with E-state index in [0.29, 0.717) is 30.3 Å². The molecule has 1 aromatic carbocycles. The molecule has 9 heteroatoms. The van der Waals surface area contributed by atoms with Gasteiger partial charge < -0.3 is 10.1 Å². The summed E-state index contributed by atoms with van der Waals surface area (Å²) in [4.78, 5) is 17.5. The molecule has 0 saturated heterocycles. The summed E-state index contributed by atoms with van der Waals surface area (Å²) in [6, 6.07) is 6.43. The number of amidine groups is 1. The fourth-order valence-corrected chi connectivity index (χ4v) is 2.93. The highest BCUT2D eigenvalue weighted by Gasteiger charge is 2.28. The van der Waals surface area contributed by atoms with Crippen molar-refractivity contribution in [2.45, 2.75) is 32.9 Å². The molecule has 1 aromatic rings. The highest BCUT2D eigenvalue weighted by atomic mass is 35.5. The summed E-state index contributed by atoms with van der Waals surface area (Å²) in [7, 11) is 0. The topological polar surface area (TPSA) is 53.9 Å². The van der Waals surface area contributed by atoms with E-state index in [1.807, 2.05) is 6.92 Å². The van der Waals surface area contributed by atoms with E-state index in [9.17, 15) is 18.0 Å². The number of carbonyl (C=O) groups excluding carboxylic acids is 1. The molecule has 1 heterocycles. The van der Waals surface area contributed by atoms with Crippen LogP contribution in [0.25, 0.3) is 0 Å². The zero-order valence-electron chi connectivity index (χ0n) is 15.1. The van der Waals surface area contributed by atoms with Gasteiger partial charge >= 0.3 is 6.18 Å². The largest absolute Gasteiger partial charge is 0.484 e. The Kier molecular flexibility index (Phi) is 7.12. The lowest BCUT2D eigenvalue weighted by Crippen LogP contribution is -2.38. The number of ether oxygens (including phenoxy) is 1. The van der Waals surface area contributed by atoms with Gasteiger partial charge in [-0.3, -0.25) is 9.69 Å². The van der Waals surface area contributed by atoms with E-state index >= 15 is 0 Å². The number of nitrogens with one attached hydrogen (secondary N) is 1. The van der Waals surface area contributed by atoms with Crippen LogP contribution in [0.3, 0.4) is 0 Å². The van der Waals surface area contributed by atoms with Crippen LogP contribution in [0.1, 0.15) is 25.8 Å². The SMILES string of the molecule is CCC1=C(Cl)C(NCCc2ccc(OCC(F)(F)F)cc2)=NCN1C(C)=O. The molecule has 0 spiro atoms. The number of carbonyl (C=O) groups is 1. The Morgan fingerprint density at radius 3 is 2.56 bits per heavy atom. The van der Waals surface area contributed by atoms with Crippen molar-refractivity contribution in [1.29, 1.82) is 0 Å². The number of benzene rings is 1. The predicted octanol–water partition coefficient (Wildman–Crippen LogP) is 3.84. The molecule has 1 N–H and O–H groups in total. The Morgan fingerprint density at radius 1 is 1.33 bits per heavy atom. The number of nitrogens with zero attached hydrogens (tertiary/aromatic N) is 2. The summed E-state index contributed by atoms with van der Waals surface area (Å²) in [5.41, 5.74) is 1.66. The maximum absolute atomic E-state index is 12.1. The second kappa shape index (κ2) is 9.12. The molecule has 5 nitrogen and oxygen atoms in total. The lowest BCUT2D eigenvalue weighted by atomic mass is 10.1. The van der Waals surface area contributed by atoms with Crippen LogP contribution in [-0.4, -0.2) is 42.6 Å². The molecule has 1 amide bonds. The minimum absolute atomic E-state index is 0.111. The molecular formula is C18H21ClF3N3O2. The lowest BCUT2D eigenvalue weighted by molar-refractivity contribution is -0.153. The number of rotatable bonds is 6. The number of hydrogen-bond acceptors (Lipinski definition) is 4. The third kappa shape index (κ3) is 6.16. The summed E-state index contributed by atoms with van der Waals surface area (Å²) in [6.07, 6.45) is -3.12. The summed E-state index contributed by atoms with van der Waals surface area (Å²) in [6.45, 7) is 2.83. The number of hydrogen-bond donors (Lipinski definition) is 1. The summed E-state index contributed by atoms with van der Waals surface area (Å²) in [5.74, 6) is 0.598. The van der Waals surface area contributed by atoms with Crippen LogP contribution < -0.4 is 10.1 Å². The molecule has 0 fully saturated rings. The number of halogens is 4. The van der Waals surface area contributed by atoms with Gasteiger partial charge in [0.05, 0.1) is 0 Å². The smallest absolute Gasteiger partial charge is 0.422 e. The van der Waals surface area contributed by atoms with Crippen molar-refractivity contribution in [2.75, 3.05) is 19.8 Å². The maximum atomic E-state index is 12.1. The summed E-state index contributed by atoms with van der Waals surface area (Å²) in [5, 5.41) is 3.57.